The molecule has 1 aromatic rings. The lowest BCUT2D eigenvalue weighted by Crippen LogP contribution is -1.77. The number of nitrogens with zero attached hydrogens (tertiary/aromatic N) is 1. The Morgan fingerprint density at radius 2 is 2.25 bits per heavy atom. The molecule has 2 heteroatoms. The largest absolute Gasteiger partial charge is 0.249 e. The summed E-state index contributed by atoms with van der Waals surface area (Å²) >= 11 is 1.90. The third kappa shape index (κ3) is 1.40. The van der Waals surface area contributed by atoms with Crippen LogP contribution in [0.3, 0.4) is 0 Å². The topological polar surface area (TPSA) is 12.9 Å². The zero-order chi connectivity index (χ0) is 8.72. The lowest BCUT2D eigenvalue weighted by atomic mass is 10.2. The van der Waals surface area contributed by atoms with Gasteiger partial charge in [0.2, 0.25) is 0 Å². The molecular weight excluding hydrogens is 166 g/mol. The zero-order valence-corrected chi connectivity index (χ0v) is 8.69. The van der Waals surface area contributed by atoms with Gasteiger partial charge in [-0.1, -0.05) is 20.8 Å². The van der Waals surface area contributed by atoms with Crippen LogP contribution in [0.5, 0.6) is 0 Å². The molecule has 1 heterocycles. The molecule has 0 N–H and O–H groups in total. The second-order valence-corrected chi connectivity index (χ2v) is 5.17. The summed E-state index contributed by atoms with van der Waals surface area (Å²) in [5.41, 5.74) is 0. The van der Waals surface area contributed by atoms with Crippen molar-refractivity contribution in [3.05, 3.63) is 16.1 Å². The summed E-state index contributed by atoms with van der Waals surface area (Å²) in [4.78, 5) is 5.90. The maximum absolute atomic E-state index is 4.47. The van der Waals surface area contributed by atoms with Crippen molar-refractivity contribution in [3.63, 3.8) is 0 Å². The Bertz CT molecular complexity index is 277. The first kappa shape index (κ1) is 8.24. The van der Waals surface area contributed by atoms with Crippen molar-refractivity contribution in [2.24, 2.45) is 5.92 Å². The van der Waals surface area contributed by atoms with Crippen molar-refractivity contribution < 1.29 is 0 Å². The molecule has 12 heavy (non-hydrogen) atoms. The second-order valence-electron chi connectivity index (χ2n) is 4.08. The van der Waals surface area contributed by atoms with E-state index in [1.54, 1.807) is 0 Å². The Kier molecular flexibility index (Phi) is 1.95. The number of thiazole rings is 1. The first-order chi connectivity index (χ1) is 5.68. The number of hydrogen-bond acceptors (Lipinski definition) is 2. The molecule has 1 fully saturated rings. The van der Waals surface area contributed by atoms with Gasteiger partial charge in [0.05, 0.1) is 5.01 Å². The van der Waals surface area contributed by atoms with Crippen LogP contribution in [0, 0.1) is 5.92 Å². The minimum Gasteiger partial charge on any atom is -0.249 e. The highest BCUT2D eigenvalue weighted by Crippen LogP contribution is 2.48. The summed E-state index contributed by atoms with van der Waals surface area (Å²) in [6.45, 7) is 6.77. The average Bonchev–Trinajstić information content (AvgIpc) is 2.59. The van der Waals surface area contributed by atoms with Gasteiger partial charge in [0, 0.05) is 17.0 Å². The van der Waals surface area contributed by atoms with Crippen LogP contribution in [-0.4, -0.2) is 4.98 Å². The van der Waals surface area contributed by atoms with Gasteiger partial charge in [-0.2, -0.15) is 0 Å². The van der Waals surface area contributed by atoms with Crippen molar-refractivity contribution in [1.29, 1.82) is 0 Å². The normalized spacial score (nSPS) is 28.0. The number of aromatic nitrogens is 1. The van der Waals surface area contributed by atoms with Gasteiger partial charge < -0.3 is 0 Å². The molecule has 1 aliphatic carbocycles. The first-order valence-corrected chi connectivity index (χ1v) is 5.45. The maximum Gasteiger partial charge on any atom is 0.0961 e. The Balaban J connectivity index is 2.14. The van der Waals surface area contributed by atoms with E-state index >= 15 is 0 Å². The fourth-order valence-corrected chi connectivity index (χ4v) is 2.57. The van der Waals surface area contributed by atoms with Crippen molar-refractivity contribution in [3.8, 4) is 0 Å². The van der Waals surface area contributed by atoms with Gasteiger partial charge in [0.25, 0.3) is 0 Å². The van der Waals surface area contributed by atoms with E-state index in [4.69, 9.17) is 0 Å². The second kappa shape index (κ2) is 2.84. The van der Waals surface area contributed by atoms with E-state index in [9.17, 15) is 0 Å². The SMILES string of the molecule is CC(C)c1cnc(C2CC2C)s1. The van der Waals surface area contributed by atoms with E-state index in [1.807, 2.05) is 11.3 Å². The average molecular weight is 181 g/mol. The van der Waals surface area contributed by atoms with Gasteiger partial charge in [0.15, 0.2) is 0 Å². The number of hydrogen-bond donors (Lipinski definition) is 0. The van der Waals surface area contributed by atoms with Crippen molar-refractivity contribution in [2.75, 3.05) is 0 Å². The molecule has 0 amide bonds. The van der Waals surface area contributed by atoms with Gasteiger partial charge >= 0.3 is 0 Å². The lowest BCUT2D eigenvalue weighted by Gasteiger charge is -1.95. The quantitative estimate of drug-likeness (QED) is 0.681. The fourth-order valence-electron chi connectivity index (χ4n) is 1.41. The van der Waals surface area contributed by atoms with Gasteiger partial charge in [-0.25, -0.2) is 4.98 Å². The highest BCUT2D eigenvalue weighted by Gasteiger charge is 2.36. The van der Waals surface area contributed by atoms with E-state index in [-0.39, 0.29) is 0 Å². The van der Waals surface area contributed by atoms with Gasteiger partial charge in [-0.3, -0.25) is 0 Å². The molecule has 66 valence electrons. The van der Waals surface area contributed by atoms with E-state index in [0.29, 0.717) is 5.92 Å². The molecule has 0 aliphatic heterocycles. The van der Waals surface area contributed by atoms with Gasteiger partial charge in [-0.15, -0.1) is 11.3 Å². The van der Waals surface area contributed by atoms with Gasteiger partial charge in [0.1, 0.15) is 0 Å². The molecule has 2 rings (SSSR count). The highest BCUT2D eigenvalue weighted by molar-refractivity contribution is 7.11. The van der Waals surface area contributed by atoms with Crippen LogP contribution in [0.1, 0.15) is 48.9 Å². The predicted molar refractivity (Wildman–Crippen MR) is 52.7 cm³/mol. The molecule has 2 unspecified atom stereocenters. The summed E-state index contributed by atoms with van der Waals surface area (Å²) in [5.74, 6) is 2.32. The van der Waals surface area contributed by atoms with Gasteiger partial charge in [-0.05, 0) is 18.3 Å². The fraction of sp³-hybridized carbons (Fsp3) is 0.700. The summed E-state index contributed by atoms with van der Waals surface area (Å²) in [6, 6.07) is 0. The Morgan fingerprint density at radius 3 is 2.67 bits per heavy atom. The number of rotatable bonds is 2. The Morgan fingerprint density at radius 1 is 1.58 bits per heavy atom. The molecule has 1 saturated carbocycles. The molecule has 0 spiro atoms. The van der Waals surface area contributed by atoms with Crippen LogP contribution in [0.25, 0.3) is 0 Å². The van der Waals surface area contributed by atoms with Crippen LogP contribution < -0.4 is 0 Å². The van der Waals surface area contributed by atoms with Crippen LogP contribution in [0.2, 0.25) is 0 Å². The molecule has 0 saturated heterocycles. The Labute approximate surface area is 77.8 Å². The molecule has 1 aliphatic rings. The predicted octanol–water partition coefficient (Wildman–Crippen LogP) is 3.39. The van der Waals surface area contributed by atoms with Crippen molar-refractivity contribution >= 4 is 11.3 Å². The summed E-state index contributed by atoms with van der Waals surface area (Å²) in [7, 11) is 0. The Hall–Kier alpha value is -0.370. The van der Waals surface area contributed by atoms with Crippen LogP contribution in [0.15, 0.2) is 6.20 Å². The van der Waals surface area contributed by atoms with E-state index in [2.05, 4.69) is 32.0 Å². The van der Waals surface area contributed by atoms with Crippen LogP contribution in [-0.2, 0) is 0 Å². The van der Waals surface area contributed by atoms with E-state index < -0.39 is 0 Å². The maximum atomic E-state index is 4.47. The molecule has 0 radical (unpaired) electrons. The van der Waals surface area contributed by atoms with Crippen molar-refractivity contribution in [2.45, 2.75) is 39.0 Å². The standard InChI is InChI=1S/C10H15NS/c1-6(2)9-5-11-10(12-9)8-4-7(8)3/h5-8H,4H2,1-3H3. The molecule has 2 atom stereocenters. The monoisotopic (exact) mass is 181 g/mol. The third-order valence-electron chi connectivity index (χ3n) is 2.54. The summed E-state index contributed by atoms with van der Waals surface area (Å²) in [6.07, 6.45) is 3.40. The molecule has 0 bridgehead atoms. The molecular formula is C10H15NS. The van der Waals surface area contributed by atoms with Crippen molar-refractivity contribution in [1.82, 2.24) is 4.98 Å². The minimum atomic E-state index is 0.644. The van der Waals surface area contributed by atoms with E-state index in [0.717, 1.165) is 11.8 Å². The van der Waals surface area contributed by atoms with E-state index in [1.165, 1.54) is 16.3 Å². The first-order valence-electron chi connectivity index (χ1n) is 4.64. The summed E-state index contributed by atoms with van der Waals surface area (Å²) < 4.78 is 0. The minimum absolute atomic E-state index is 0.644. The van der Waals surface area contributed by atoms with Crippen LogP contribution >= 0.6 is 11.3 Å². The lowest BCUT2D eigenvalue weighted by molar-refractivity contribution is 0.882. The smallest absolute Gasteiger partial charge is 0.0961 e. The molecule has 0 aromatic carbocycles. The molecule has 1 aromatic heterocycles. The third-order valence-corrected chi connectivity index (χ3v) is 3.97. The zero-order valence-electron chi connectivity index (χ0n) is 7.87. The highest BCUT2D eigenvalue weighted by atomic mass is 32.1. The molecule has 1 nitrogen and oxygen atoms in total. The summed E-state index contributed by atoms with van der Waals surface area (Å²) in [5, 5.41) is 1.37. The van der Waals surface area contributed by atoms with Crippen LogP contribution in [0.4, 0.5) is 0 Å².